The summed E-state index contributed by atoms with van der Waals surface area (Å²) in [4.78, 5) is 10.8. The summed E-state index contributed by atoms with van der Waals surface area (Å²) in [6.45, 7) is 0.654. The Balaban J connectivity index is 2.31. The lowest BCUT2D eigenvalue weighted by Crippen LogP contribution is -2.31. The van der Waals surface area contributed by atoms with Gasteiger partial charge in [0.05, 0.1) is 6.54 Å². The van der Waals surface area contributed by atoms with E-state index in [4.69, 9.17) is 11.5 Å². The average Bonchev–Trinajstić information content (AvgIpc) is 2.21. The Hall–Kier alpha value is -1.55. The Morgan fingerprint density at radius 1 is 1.29 bits per heavy atom. The minimum absolute atomic E-state index is 0.0434. The molecule has 4 heteroatoms. The minimum Gasteiger partial charge on any atom is -0.399 e. The van der Waals surface area contributed by atoms with Crippen molar-refractivity contribution >= 4 is 11.6 Å². The molecule has 0 spiro atoms. The van der Waals surface area contributed by atoms with Crippen LogP contribution in [0.1, 0.15) is 5.56 Å². The first-order valence-corrected chi connectivity index (χ1v) is 4.53. The second-order valence-electron chi connectivity index (χ2n) is 3.05. The largest absolute Gasteiger partial charge is 0.399 e. The van der Waals surface area contributed by atoms with Gasteiger partial charge in [-0.05, 0) is 24.1 Å². The Kier molecular flexibility index (Phi) is 3.94. The lowest BCUT2D eigenvalue weighted by Gasteiger charge is -2.03. The van der Waals surface area contributed by atoms with Crippen LogP contribution in [0.2, 0.25) is 0 Å². The Morgan fingerprint density at radius 3 is 2.50 bits per heavy atom. The van der Waals surface area contributed by atoms with Crippen molar-refractivity contribution in [2.45, 2.75) is 6.42 Å². The van der Waals surface area contributed by atoms with Gasteiger partial charge in [-0.25, -0.2) is 0 Å². The number of amides is 1. The van der Waals surface area contributed by atoms with Gasteiger partial charge in [0.15, 0.2) is 0 Å². The predicted molar refractivity (Wildman–Crippen MR) is 56.6 cm³/mol. The van der Waals surface area contributed by atoms with E-state index in [2.05, 4.69) is 5.32 Å². The third-order valence-electron chi connectivity index (χ3n) is 1.90. The maximum Gasteiger partial charge on any atom is 0.233 e. The first kappa shape index (κ1) is 10.5. The van der Waals surface area contributed by atoms with Crippen LogP contribution in [0.15, 0.2) is 24.3 Å². The second-order valence-corrected chi connectivity index (χ2v) is 3.05. The molecule has 0 heterocycles. The SMILES string of the molecule is NCC(=O)NCCc1ccc(N)cc1. The third kappa shape index (κ3) is 3.45. The van der Waals surface area contributed by atoms with Crippen molar-refractivity contribution in [3.05, 3.63) is 29.8 Å². The Bertz CT molecular complexity index is 295. The van der Waals surface area contributed by atoms with E-state index in [0.29, 0.717) is 6.54 Å². The fraction of sp³-hybridized carbons (Fsp3) is 0.300. The van der Waals surface area contributed by atoms with Crippen LogP contribution in [-0.4, -0.2) is 19.0 Å². The number of carbonyl (C=O) groups is 1. The van der Waals surface area contributed by atoms with Crippen molar-refractivity contribution in [1.29, 1.82) is 0 Å². The maximum absolute atomic E-state index is 10.8. The number of hydrogen-bond donors (Lipinski definition) is 3. The summed E-state index contributed by atoms with van der Waals surface area (Å²) in [5.41, 5.74) is 12.6. The molecule has 0 bridgehead atoms. The monoisotopic (exact) mass is 193 g/mol. The molecule has 1 aromatic carbocycles. The molecular formula is C10H15N3O. The Morgan fingerprint density at radius 2 is 1.93 bits per heavy atom. The normalized spacial score (nSPS) is 9.79. The number of benzene rings is 1. The van der Waals surface area contributed by atoms with Gasteiger partial charge in [-0.3, -0.25) is 4.79 Å². The van der Waals surface area contributed by atoms with E-state index in [1.165, 1.54) is 0 Å². The lowest BCUT2D eigenvalue weighted by molar-refractivity contribution is -0.119. The van der Waals surface area contributed by atoms with E-state index in [0.717, 1.165) is 17.7 Å². The highest BCUT2D eigenvalue weighted by atomic mass is 16.1. The Labute approximate surface area is 83.3 Å². The van der Waals surface area contributed by atoms with E-state index < -0.39 is 0 Å². The van der Waals surface area contributed by atoms with Gasteiger partial charge in [-0.2, -0.15) is 0 Å². The van der Waals surface area contributed by atoms with E-state index >= 15 is 0 Å². The van der Waals surface area contributed by atoms with Crippen molar-refractivity contribution in [3.63, 3.8) is 0 Å². The van der Waals surface area contributed by atoms with Crippen LogP contribution in [0.5, 0.6) is 0 Å². The molecule has 0 aliphatic carbocycles. The summed E-state index contributed by atoms with van der Waals surface area (Å²) in [6.07, 6.45) is 0.798. The van der Waals surface area contributed by atoms with E-state index in [1.54, 1.807) is 0 Å². The fourth-order valence-corrected chi connectivity index (χ4v) is 1.10. The average molecular weight is 193 g/mol. The molecule has 0 fully saturated rings. The predicted octanol–water partition coefficient (Wildman–Crippen LogP) is -0.114. The van der Waals surface area contributed by atoms with Crippen molar-refractivity contribution < 1.29 is 4.79 Å². The van der Waals surface area contributed by atoms with Gasteiger partial charge in [0, 0.05) is 12.2 Å². The van der Waals surface area contributed by atoms with E-state index in [1.807, 2.05) is 24.3 Å². The zero-order chi connectivity index (χ0) is 10.4. The molecule has 0 aliphatic heterocycles. The number of nitrogens with one attached hydrogen (secondary N) is 1. The highest BCUT2D eigenvalue weighted by Crippen LogP contribution is 2.05. The number of rotatable bonds is 4. The first-order chi connectivity index (χ1) is 6.72. The number of anilines is 1. The first-order valence-electron chi connectivity index (χ1n) is 4.53. The van der Waals surface area contributed by atoms with E-state index in [9.17, 15) is 4.79 Å². The molecule has 14 heavy (non-hydrogen) atoms. The smallest absolute Gasteiger partial charge is 0.233 e. The van der Waals surface area contributed by atoms with Crippen LogP contribution in [0, 0.1) is 0 Å². The molecule has 4 nitrogen and oxygen atoms in total. The molecule has 0 saturated carbocycles. The van der Waals surface area contributed by atoms with Gasteiger partial charge in [-0.15, -0.1) is 0 Å². The van der Waals surface area contributed by atoms with Gasteiger partial charge < -0.3 is 16.8 Å². The van der Waals surface area contributed by atoms with Gasteiger partial charge in [0.1, 0.15) is 0 Å². The number of carbonyl (C=O) groups excluding carboxylic acids is 1. The van der Waals surface area contributed by atoms with Gasteiger partial charge in [-0.1, -0.05) is 12.1 Å². The molecule has 1 aromatic rings. The second kappa shape index (κ2) is 5.24. The van der Waals surface area contributed by atoms with Crippen LogP contribution in [0.4, 0.5) is 5.69 Å². The van der Waals surface area contributed by atoms with Crippen molar-refractivity contribution in [3.8, 4) is 0 Å². The van der Waals surface area contributed by atoms with Crippen molar-refractivity contribution in [1.82, 2.24) is 5.32 Å². The molecule has 0 radical (unpaired) electrons. The molecule has 0 saturated heterocycles. The highest BCUT2D eigenvalue weighted by Gasteiger charge is 1.96. The zero-order valence-corrected chi connectivity index (χ0v) is 7.99. The molecule has 1 amide bonds. The maximum atomic E-state index is 10.8. The zero-order valence-electron chi connectivity index (χ0n) is 7.99. The minimum atomic E-state index is -0.125. The quantitative estimate of drug-likeness (QED) is 0.583. The van der Waals surface area contributed by atoms with Crippen molar-refractivity contribution in [2.24, 2.45) is 5.73 Å². The fourth-order valence-electron chi connectivity index (χ4n) is 1.10. The number of nitrogen functional groups attached to an aromatic ring is 1. The molecule has 0 unspecified atom stereocenters. The number of nitrogens with two attached hydrogens (primary N) is 2. The molecular weight excluding hydrogens is 178 g/mol. The van der Waals surface area contributed by atoms with Gasteiger partial charge >= 0.3 is 0 Å². The summed E-state index contributed by atoms with van der Waals surface area (Å²) < 4.78 is 0. The highest BCUT2D eigenvalue weighted by molar-refractivity contribution is 5.77. The van der Waals surface area contributed by atoms with Gasteiger partial charge in [0.25, 0.3) is 0 Å². The standard InChI is InChI=1S/C10H15N3O/c11-7-10(14)13-6-5-8-1-3-9(12)4-2-8/h1-4H,5-7,11-12H2,(H,13,14). The summed E-state index contributed by atoms with van der Waals surface area (Å²) >= 11 is 0. The van der Waals surface area contributed by atoms with Crippen LogP contribution in [0.3, 0.4) is 0 Å². The summed E-state index contributed by atoms with van der Waals surface area (Å²) in [6, 6.07) is 7.59. The van der Waals surface area contributed by atoms with Crippen LogP contribution >= 0.6 is 0 Å². The molecule has 0 aromatic heterocycles. The van der Waals surface area contributed by atoms with E-state index in [-0.39, 0.29) is 12.5 Å². The summed E-state index contributed by atoms with van der Waals surface area (Å²) in [5.74, 6) is -0.125. The molecule has 1 rings (SSSR count). The molecule has 76 valence electrons. The summed E-state index contributed by atoms with van der Waals surface area (Å²) in [7, 11) is 0. The van der Waals surface area contributed by atoms with Crippen LogP contribution in [0.25, 0.3) is 0 Å². The van der Waals surface area contributed by atoms with Crippen LogP contribution in [-0.2, 0) is 11.2 Å². The number of hydrogen-bond acceptors (Lipinski definition) is 3. The summed E-state index contributed by atoms with van der Waals surface area (Å²) in [5, 5.41) is 2.70. The molecule has 0 aliphatic rings. The van der Waals surface area contributed by atoms with Crippen LogP contribution < -0.4 is 16.8 Å². The van der Waals surface area contributed by atoms with Gasteiger partial charge in [0.2, 0.25) is 5.91 Å². The lowest BCUT2D eigenvalue weighted by atomic mass is 10.1. The topological polar surface area (TPSA) is 81.1 Å². The molecule has 5 N–H and O–H groups in total. The molecule has 0 atom stereocenters. The third-order valence-corrected chi connectivity index (χ3v) is 1.90. The van der Waals surface area contributed by atoms with Crippen molar-refractivity contribution in [2.75, 3.05) is 18.8 Å².